The first kappa shape index (κ1) is 20.2. The van der Waals surface area contributed by atoms with E-state index >= 15 is 0 Å². The highest BCUT2D eigenvalue weighted by atomic mass is 16.5. The number of hydrogen-bond acceptors (Lipinski definition) is 5. The molecular formula is C24H20N2O5. The molecule has 4 rings (SSSR count). The highest BCUT2D eigenvalue weighted by molar-refractivity contribution is 5.96. The highest BCUT2D eigenvalue weighted by Crippen LogP contribution is 2.21. The van der Waals surface area contributed by atoms with Crippen LogP contribution in [-0.4, -0.2) is 16.4 Å². The lowest BCUT2D eigenvalue weighted by Gasteiger charge is -2.18. The number of nitrogens with one attached hydrogen (secondary N) is 1. The van der Waals surface area contributed by atoms with E-state index in [4.69, 9.17) is 9.15 Å². The maximum atomic E-state index is 12.9. The number of anilines is 1. The van der Waals surface area contributed by atoms with E-state index in [2.05, 4.69) is 5.32 Å². The fraction of sp³-hybridized carbons (Fsp3) is 0.125. The molecule has 0 bridgehead atoms. The van der Waals surface area contributed by atoms with Gasteiger partial charge in [0.2, 0.25) is 6.10 Å². The van der Waals surface area contributed by atoms with E-state index in [-0.39, 0.29) is 6.54 Å². The SMILES string of the molecule is Cc1ccc(NC(=O)C(OC(=O)Cn2c(=O)oc3ccccc32)c2ccccc2)cc1. The molecule has 4 aromatic rings. The first-order valence-electron chi connectivity index (χ1n) is 9.71. The Hall–Kier alpha value is -4.13. The van der Waals surface area contributed by atoms with Crippen LogP contribution in [-0.2, 0) is 20.9 Å². The number of amides is 1. The molecule has 1 amide bonds. The first-order valence-corrected chi connectivity index (χ1v) is 9.71. The van der Waals surface area contributed by atoms with Crippen LogP contribution in [0.15, 0.2) is 88.1 Å². The van der Waals surface area contributed by atoms with E-state index in [1.54, 1.807) is 66.7 Å². The number of benzene rings is 3. The van der Waals surface area contributed by atoms with Crippen LogP contribution in [0.2, 0.25) is 0 Å². The van der Waals surface area contributed by atoms with Crippen LogP contribution in [0.1, 0.15) is 17.2 Å². The summed E-state index contributed by atoms with van der Waals surface area (Å²) < 4.78 is 11.8. The number of hydrogen-bond donors (Lipinski definition) is 1. The molecular weight excluding hydrogens is 396 g/mol. The van der Waals surface area contributed by atoms with Crippen molar-refractivity contribution in [3.8, 4) is 0 Å². The molecule has 1 heterocycles. The van der Waals surface area contributed by atoms with Crippen molar-refractivity contribution in [1.29, 1.82) is 0 Å². The van der Waals surface area contributed by atoms with Crippen LogP contribution >= 0.6 is 0 Å². The van der Waals surface area contributed by atoms with Gasteiger partial charge in [-0.3, -0.25) is 14.2 Å². The summed E-state index contributed by atoms with van der Waals surface area (Å²) in [6.07, 6.45) is -1.18. The maximum absolute atomic E-state index is 12.9. The normalized spacial score (nSPS) is 11.8. The van der Waals surface area contributed by atoms with E-state index in [1.165, 1.54) is 4.57 Å². The molecule has 0 fully saturated rings. The topological polar surface area (TPSA) is 90.5 Å². The number of rotatable bonds is 6. The molecule has 0 radical (unpaired) electrons. The molecule has 1 aromatic heterocycles. The van der Waals surface area contributed by atoms with Crippen LogP contribution in [0.5, 0.6) is 0 Å². The summed E-state index contributed by atoms with van der Waals surface area (Å²) in [7, 11) is 0. The fourth-order valence-electron chi connectivity index (χ4n) is 3.21. The lowest BCUT2D eigenvalue weighted by atomic mass is 10.1. The first-order chi connectivity index (χ1) is 15.0. The molecule has 7 heteroatoms. The van der Waals surface area contributed by atoms with Gasteiger partial charge in [0.1, 0.15) is 6.54 Å². The van der Waals surface area contributed by atoms with E-state index in [0.717, 1.165) is 5.56 Å². The highest BCUT2D eigenvalue weighted by Gasteiger charge is 2.26. The molecule has 3 aromatic carbocycles. The Morgan fingerprint density at radius 1 is 0.968 bits per heavy atom. The summed E-state index contributed by atoms with van der Waals surface area (Å²) in [4.78, 5) is 37.8. The number of oxazole rings is 1. The van der Waals surface area contributed by atoms with Crippen molar-refractivity contribution in [3.63, 3.8) is 0 Å². The number of ether oxygens (including phenoxy) is 1. The molecule has 1 atom stereocenters. The van der Waals surface area contributed by atoms with Crippen LogP contribution in [0.4, 0.5) is 5.69 Å². The number of nitrogens with zero attached hydrogens (tertiary/aromatic N) is 1. The Balaban J connectivity index is 1.56. The van der Waals surface area contributed by atoms with Crippen molar-refractivity contribution in [2.45, 2.75) is 19.6 Å². The summed E-state index contributed by atoms with van der Waals surface area (Å²) in [5, 5.41) is 2.77. The van der Waals surface area contributed by atoms with Gasteiger partial charge in [0.15, 0.2) is 5.58 Å². The van der Waals surface area contributed by atoms with E-state index < -0.39 is 23.7 Å². The molecule has 156 valence electrons. The number of esters is 1. The Morgan fingerprint density at radius 2 is 1.65 bits per heavy atom. The lowest BCUT2D eigenvalue weighted by Crippen LogP contribution is -2.29. The average Bonchev–Trinajstić information content (AvgIpc) is 3.09. The zero-order valence-corrected chi connectivity index (χ0v) is 16.8. The van der Waals surface area contributed by atoms with Crippen molar-refractivity contribution in [2.24, 2.45) is 0 Å². The van der Waals surface area contributed by atoms with Crippen molar-refractivity contribution in [1.82, 2.24) is 4.57 Å². The zero-order valence-electron chi connectivity index (χ0n) is 16.8. The van der Waals surface area contributed by atoms with Gasteiger partial charge < -0.3 is 14.5 Å². The summed E-state index contributed by atoms with van der Waals surface area (Å²) >= 11 is 0. The Labute approximate surface area is 177 Å². The molecule has 7 nitrogen and oxygen atoms in total. The molecule has 0 aliphatic carbocycles. The minimum absolute atomic E-state index is 0.372. The summed E-state index contributed by atoms with van der Waals surface area (Å²) in [5.74, 6) is -1.90. The van der Waals surface area contributed by atoms with Gasteiger partial charge in [-0.15, -0.1) is 0 Å². The predicted molar refractivity (Wildman–Crippen MR) is 116 cm³/mol. The quantitative estimate of drug-likeness (QED) is 0.483. The molecule has 0 saturated carbocycles. The third-order valence-electron chi connectivity index (χ3n) is 4.77. The molecule has 31 heavy (non-hydrogen) atoms. The second-order valence-electron chi connectivity index (χ2n) is 7.06. The van der Waals surface area contributed by atoms with E-state index in [1.807, 2.05) is 19.1 Å². The third-order valence-corrected chi connectivity index (χ3v) is 4.77. The molecule has 0 aliphatic rings. The van der Waals surface area contributed by atoms with Gasteiger partial charge in [-0.25, -0.2) is 4.79 Å². The minimum Gasteiger partial charge on any atom is -0.446 e. The molecule has 0 aliphatic heterocycles. The van der Waals surface area contributed by atoms with Crippen molar-refractivity contribution in [2.75, 3.05) is 5.32 Å². The second kappa shape index (κ2) is 8.71. The van der Waals surface area contributed by atoms with Crippen LogP contribution in [0.25, 0.3) is 11.1 Å². The largest absolute Gasteiger partial charge is 0.446 e. The molecule has 0 saturated heterocycles. The zero-order chi connectivity index (χ0) is 21.8. The lowest BCUT2D eigenvalue weighted by molar-refractivity contribution is -0.155. The van der Waals surface area contributed by atoms with Gasteiger partial charge in [0.05, 0.1) is 5.52 Å². The van der Waals surface area contributed by atoms with Gasteiger partial charge in [-0.1, -0.05) is 60.2 Å². The maximum Gasteiger partial charge on any atom is 0.420 e. The summed E-state index contributed by atoms with van der Waals surface area (Å²) in [5.41, 5.74) is 3.01. The van der Waals surface area contributed by atoms with Gasteiger partial charge in [0, 0.05) is 11.3 Å². The monoisotopic (exact) mass is 416 g/mol. The van der Waals surface area contributed by atoms with Crippen molar-refractivity contribution < 1.29 is 18.7 Å². The Bertz CT molecular complexity index is 1270. The number of aromatic nitrogens is 1. The molecule has 1 unspecified atom stereocenters. The fourth-order valence-corrected chi connectivity index (χ4v) is 3.21. The van der Waals surface area contributed by atoms with Crippen molar-refractivity contribution in [3.05, 3.63) is 101 Å². The van der Waals surface area contributed by atoms with Gasteiger partial charge >= 0.3 is 11.7 Å². The van der Waals surface area contributed by atoms with Crippen LogP contribution < -0.4 is 11.1 Å². The standard InChI is InChI=1S/C24H20N2O5/c1-16-11-13-18(14-12-16)25-23(28)22(17-7-3-2-4-8-17)31-21(27)15-26-19-9-5-6-10-20(19)30-24(26)29/h2-14,22H,15H2,1H3,(H,25,28). The number of fused-ring (bicyclic) bond motifs is 1. The minimum atomic E-state index is -1.18. The van der Waals surface area contributed by atoms with Gasteiger partial charge in [-0.2, -0.15) is 0 Å². The van der Waals surface area contributed by atoms with Crippen molar-refractivity contribution >= 4 is 28.7 Å². The van der Waals surface area contributed by atoms with E-state index in [9.17, 15) is 14.4 Å². The summed E-state index contributed by atoms with van der Waals surface area (Å²) in [6, 6.07) is 22.8. The predicted octanol–water partition coefficient (Wildman–Crippen LogP) is 3.83. The number of aryl methyl sites for hydroxylation is 1. The Kier molecular flexibility index (Phi) is 5.66. The number of carbonyl (C=O) groups is 2. The smallest absolute Gasteiger partial charge is 0.420 e. The number of carbonyl (C=O) groups excluding carboxylic acids is 2. The van der Waals surface area contributed by atoms with Gasteiger partial charge in [-0.05, 0) is 31.2 Å². The Morgan fingerprint density at radius 3 is 2.39 bits per heavy atom. The summed E-state index contributed by atoms with van der Waals surface area (Å²) in [6.45, 7) is 1.57. The molecule has 0 spiro atoms. The molecule has 1 N–H and O–H groups in total. The number of para-hydroxylation sites is 2. The van der Waals surface area contributed by atoms with Gasteiger partial charge in [0.25, 0.3) is 5.91 Å². The third kappa shape index (κ3) is 4.56. The van der Waals surface area contributed by atoms with E-state index in [0.29, 0.717) is 22.4 Å². The van der Waals surface area contributed by atoms with Crippen LogP contribution in [0, 0.1) is 6.92 Å². The van der Waals surface area contributed by atoms with Crippen LogP contribution in [0.3, 0.4) is 0 Å². The average molecular weight is 416 g/mol. The second-order valence-corrected chi connectivity index (χ2v) is 7.06.